The molecule has 0 bridgehead atoms. The Morgan fingerprint density at radius 3 is 2.46 bits per heavy atom. The highest BCUT2D eigenvalue weighted by atomic mass is 16.6. The first-order valence-electron chi connectivity index (χ1n) is 8.08. The van der Waals surface area contributed by atoms with E-state index < -0.39 is 17.1 Å². The van der Waals surface area contributed by atoms with Crippen molar-refractivity contribution in [1.82, 2.24) is 5.32 Å². The summed E-state index contributed by atoms with van der Waals surface area (Å²) < 4.78 is 5.34. The fraction of sp³-hybridized carbons (Fsp3) is 0.278. The summed E-state index contributed by atoms with van der Waals surface area (Å²) in [5.74, 6) is 0.128. The Kier molecular flexibility index (Phi) is 7.07. The fourth-order valence-electron chi connectivity index (χ4n) is 2.24. The number of carbonyl (C=O) groups excluding carboxylic acids is 1. The minimum Gasteiger partial charge on any atom is -0.491 e. The maximum absolute atomic E-state index is 11.9. The lowest BCUT2D eigenvalue weighted by Gasteiger charge is -2.15. The van der Waals surface area contributed by atoms with Gasteiger partial charge in [-0.05, 0) is 17.7 Å². The van der Waals surface area contributed by atoms with Crippen molar-refractivity contribution in [3.05, 3.63) is 70.3 Å². The van der Waals surface area contributed by atoms with E-state index in [1.54, 1.807) is 0 Å². The van der Waals surface area contributed by atoms with Crippen molar-refractivity contribution in [2.75, 3.05) is 13.2 Å². The molecule has 2 unspecified atom stereocenters. The van der Waals surface area contributed by atoms with E-state index in [4.69, 9.17) is 10.5 Å². The van der Waals surface area contributed by atoms with E-state index >= 15 is 0 Å². The monoisotopic (exact) mass is 359 g/mol. The van der Waals surface area contributed by atoms with Crippen LogP contribution in [0.1, 0.15) is 18.0 Å². The van der Waals surface area contributed by atoms with Crippen LogP contribution in [0.5, 0.6) is 5.75 Å². The fourth-order valence-corrected chi connectivity index (χ4v) is 2.24. The first-order valence-corrected chi connectivity index (χ1v) is 8.08. The number of carbonyl (C=O) groups is 1. The zero-order valence-electron chi connectivity index (χ0n) is 14.1. The molecule has 1 amide bonds. The molecule has 8 nitrogen and oxygen atoms in total. The number of nitro groups is 1. The molecule has 2 atom stereocenters. The summed E-state index contributed by atoms with van der Waals surface area (Å²) in [4.78, 5) is 22.0. The average molecular weight is 359 g/mol. The number of nitrogens with two attached hydrogens (primary N) is 1. The van der Waals surface area contributed by atoms with Gasteiger partial charge in [-0.25, -0.2) is 0 Å². The predicted octanol–water partition coefficient (Wildman–Crippen LogP) is 1.54. The third-order valence-corrected chi connectivity index (χ3v) is 3.66. The molecule has 2 aromatic rings. The summed E-state index contributed by atoms with van der Waals surface area (Å²) in [6, 6.07) is 14.4. The summed E-state index contributed by atoms with van der Waals surface area (Å²) in [5, 5.41) is 23.0. The lowest BCUT2D eigenvalue weighted by atomic mass is 10.0. The van der Waals surface area contributed by atoms with Gasteiger partial charge in [-0.1, -0.05) is 30.3 Å². The molecule has 0 radical (unpaired) electrons. The molecule has 2 rings (SSSR count). The second-order valence-corrected chi connectivity index (χ2v) is 5.74. The van der Waals surface area contributed by atoms with Gasteiger partial charge in [-0.3, -0.25) is 14.9 Å². The first kappa shape index (κ1) is 19.4. The van der Waals surface area contributed by atoms with Gasteiger partial charge in [0.2, 0.25) is 5.91 Å². The van der Waals surface area contributed by atoms with Crippen LogP contribution in [0.3, 0.4) is 0 Å². The number of nitrogens with zero attached hydrogens (tertiary/aromatic N) is 1. The molecule has 8 heteroatoms. The largest absolute Gasteiger partial charge is 0.491 e. The standard InChI is InChI=1S/C18H21N3O5/c19-17(13-4-2-1-3-5-13)10-18(23)20-11-15(22)12-26-16-8-6-14(7-9-16)21(24)25/h1-9,15,17,22H,10-12,19H2,(H,20,23). The first-order chi connectivity index (χ1) is 12.5. The van der Waals surface area contributed by atoms with E-state index in [0.717, 1.165) is 5.56 Å². The van der Waals surface area contributed by atoms with Crippen molar-refractivity contribution >= 4 is 11.6 Å². The molecule has 4 N–H and O–H groups in total. The van der Waals surface area contributed by atoms with Crippen LogP contribution in [-0.2, 0) is 4.79 Å². The van der Waals surface area contributed by atoms with Crippen LogP contribution in [0.25, 0.3) is 0 Å². The molecule has 0 heterocycles. The maximum atomic E-state index is 11.9. The van der Waals surface area contributed by atoms with Gasteiger partial charge in [0.15, 0.2) is 0 Å². The van der Waals surface area contributed by atoms with Crippen LogP contribution in [0, 0.1) is 10.1 Å². The number of rotatable bonds is 9. The Morgan fingerprint density at radius 1 is 1.19 bits per heavy atom. The molecule has 138 valence electrons. The number of aliphatic hydroxyl groups is 1. The Hall–Kier alpha value is -2.97. The Labute approximate surface area is 150 Å². The predicted molar refractivity (Wildman–Crippen MR) is 95.6 cm³/mol. The van der Waals surface area contributed by atoms with Gasteiger partial charge in [-0.2, -0.15) is 0 Å². The second-order valence-electron chi connectivity index (χ2n) is 5.74. The van der Waals surface area contributed by atoms with Gasteiger partial charge in [0, 0.05) is 31.1 Å². The third kappa shape index (κ3) is 6.15. The van der Waals surface area contributed by atoms with E-state index in [1.807, 2.05) is 30.3 Å². The summed E-state index contributed by atoms with van der Waals surface area (Å²) in [7, 11) is 0. The van der Waals surface area contributed by atoms with Crippen LogP contribution in [0.15, 0.2) is 54.6 Å². The highest BCUT2D eigenvalue weighted by molar-refractivity contribution is 5.76. The van der Waals surface area contributed by atoms with Crippen molar-refractivity contribution in [3.8, 4) is 5.75 Å². The van der Waals surface area contributed by atoms with E-state index in [-0.39, 0.29) is 31.2 Å². The SMILES string of the molecule is NC(CC(=O)NCC(O)COc1ccc([N+](=O)[O-])cc1)c1ccccc1. The summed E-state index contributed by atoms with van der Waals surface area (Å²) in [6.07, 6.45) is -0.804. The number of benzene rings is 2. The molecule has 0 aliphatic rings. The molecular formula is C18H21N3O5. The second kappa shape index (κ2) is 9.50. The molecule has 2 aromatic carbocycles. The van der Waals surface area contributed by atoms with Crippen molar-refractivity contribution in [3.63, 3.8) is 0 Å². The van der Waals surface area contributed by atoms with Gasteiger partial charge in [0.25, 0.3) is 5.69 Å². The summed E-state index contributed by atoms with van der Waals surface area (Å²) in [5.41, 5.74) is 6.80. The minimum atomic E-state index is -0.915. The molecule has 0 aliphatic heterocycles. The van der Waals surface area contributed by atoms with E-state index in [1.165, 1.54) is 24.3 Å². The Bertz CT molecular complexity index is 721. The summed E-state index contributed by atoms with van der Waals surface area (Å²) in [6.45, 7) is -0.0316. The topological polar surface area (TPSA) is 128 Å². The molecule has 0 aromatic heterocycles. The van der Waals surface area contributed by atoms with Gasteiger partial charge >= 0.3 is 0 Å². The van der Waals surface area contributed by atoms with Gasteiger partial charge in [0.05, 0.1) is 4.92 Å². The molecule has 0 saturated heterocycles. The van der Waals surface area contributed by atoms with Crippen LogP contribution in [-0.4, -0.2) is 35.2 Å². The number of nitrogens with one attached hydrogen (secondary N) is 1. The average Bonchev–Trinajstić information content (AvgIpc) is 2.65. The minimum absolute atomic E-state index is 0.0212. The van der Waals surface area contributed by atoms with Crippen LogP contribution < -0.4 is 15.8 Å². The smallest absolute Gasteiger partial charge is 0.269 e. The zero-order valence-corrected chi connectivity index (χ0v) is 14.1. The number of nitro benzene ring substituents is 1. The lowest BCUT2D eigenvalue weighted by Crippen LogP contribution is -2.36. The number of aliphatic hydroxyl groups excluding tert-OH is 1. The number of ether oxygens (including phenoxy) is 1. The molecule has 0 fully saturated rings. The van der Waals surface area contributed by atoms with Gasteiger partial charge in [-0.15, -0.1) is 0 Å². The van der Waals surface area contributed by atoms with Crippen LogP contribution in [0.4, 0.5) is 5.69 Å². The molecule has 0 spiro atoms. The highest BCUT2D eigenvalue weighted by Crippen LogP contribution is 2.17. The van der Waals surface area contributed by atoms with Crippen LogP contribution >= 0.6 is 0 Å². The number of hydrogen-bond donors (Lipinski definition) is 3. The molecule has 0 saturated carbocycles. The van der Waals surface area contributed by atoms with E-state index in [0.29, 0.717) is 5.75 Å². The third-order valence-electron chi connectivity index (χ3n) is 3.66. The molecule has 0 aliphatic carbocycles. The van der Waals surface area contributed by atoms with E-state index in [2.05, 4.69) is 5.32 Å². The quantitative estimate of drug-likeness (QED) is 0.460. The van der Waals surface area contributed by atoms with Crippen molar-refractivity contribution in [2.45, 2.75) is 18.6 Å². The normalized spacial score (nSPS) is 12.8. The zero-order chi connectivity index (χ0) is 18.9. The number of hydrogen-bond acceptors (Lipinski definition) is 6. The highest BCUT2D eigenvalue weighted by Gasteiger charge is 2.13. The van der Waals surface area contributed by atoms with E-state index in [9.17, 15) is 20.0 Å². The van der Waals surface area contributed by atoms with Crippen LogP contribution in [0.2, 0.25) is 0 Å². The van der Waals surface area contributed by atoms with Crippen molar-refractivity contribution in [2.24, 2.45) is 5.73 Å². The lowest BCUT2D eigenvalue weighted by molar-refractivity contribution is -0.384. The Morgan fingerprint density at radius 2 is 1.85 bits per heavy atom. The van der Waals surface area contributed by atoms with Gasteiger partial charge < -0.3 is 20.9 Å². The number of amides is 1. The number of non-ortho nitro benzene ring substituents is 1. The molecular weight excluding hydrogens is 338 g/mol. The van der Waals surface area contributed by atoms with Crippen molar-refractivity contribution in [1.29, 1.82) is 0 Å². The summed E-state index contributed by atoms with van der Waals surface area (Å²) >= 11 is 0. The molecule has 26 heavy (non-hydrogen) atoms. The van der Waals surface area contributed by atoms with Gasteiger partial charge in [0.1, 0.15) is 18.5 Å². The van der Waals surface area contributed by atoms with Crippen molar-refractivity contribution < 1.29 is 19.6 Å². The Balaban J connectivity index is 1.70. The maximum Gasteiger partial charge on any atom is 0.269 e.